The Morgan fingerprint density at radius 3 is 1.46 bits per heavy atom. The van der Waals surface area contributed by atoms with Crippen LogP contribution in [0.15, 0.2) is 212 Å². The van der Waals surface area contributed by atoms with Crippen molar-refractivity contribution in [3.8, 4) is 78.7 Å². The molecule has 1 heterocycles. The van der Waals surface area contributed by atoms with Gasteiger partial charge in [-0.25, -0.2) is 15.0 Å². The van der Waals surface area contributed by atoms with Gasteiger partial charge >= 0.3 is 0 Å². The van der Waals surface area contributed by atoms with E-state index in [1.165, 1.54) is 0 Å². The van der Waals surface area contributed by atoms with Crippen molar-refractivity contribution < 1.29 is 6.85 Å². The van der Waals surface area contributed by atoms with Crippen molar-refractivity contribution in [3.05, 3.63) is 212 Å². The summed E-state index contributed by atoms with van der Waals surface area (Å²) in [6, 6.07) is 59.3. The minimum absolute atomic E-state index is 0.0995. The van der Waals surface area contributed by atoms with E-state index in [-0.39, 0.29) is 17.6 Å². The SMILES string of the molecule is [2H]c1c([2H])c([2H])c(-c2cc(-c3ccc4cc(-c5ccccc5)ccc4c3)cc(-c3nc(-c4ccc(-c5ccccc5)cc4)nc(-c4cccc5ccccc45)n3)c2)c([2H])c1[2H]. The molecule has 0 saturated carbocycles. The third-order valence-corrected chi connectivity index (χ3v) is 10.2. The lowest BCUT2D eigenvalue weighted by molar-refractivity contribution is 1.08. The lowest BCUT2D eigenvalue weighted by atomic mass is 9.93. The average Bonchev–Trinajstić information content (AvgIpc) is 3.32. The van der Waals surface area contributed by atoms with Crippen LogP contribution in [0.3, 0.4) is 0 Å². The molecule has 0 radical (unpaired) electrons. The highest BCUT2D eigenvalue weighted by Crippen LogP contribution is 2.36. The van der Waals surface area contributed by atoms with Crippen molar-refractivity contribution in [3.63, 3.8) is 0 Å². The van der Waals surface area contributed by atoms with E-state index in [4.69, 9.17) is 21.8 Å². The molecule has 0 atom stereocenters. The Morgan fingerprint density at radius 1 is 0.286 bits per heavy atom. The lowest BCUT2D eigenvalue weighted by Gasteiger charge is -2.14. The van der Waals surface area contributed by atoms with Gasteiger partial charge in [0.05, 0.1) is 6.85 Å². The highest BCUT2D eigenvalue weighted by molar-refractivity contribution is 5.96. The normalized spacial score (nSPS) is 12.5. The first-order chi connectivity index (χ1) is 29.8. The number of fused-ring (bicyclic) bond motifs is 2. The smallest absolute Gasteiger partial charge is 0.164 e. The van der Waals surface area contributed by atoms with Crippen molar-refractivity contribution in [2.75, 3.05) is 0 Å². The van der Waals surface area contributed by atoms with Crippen LogP contribution >= 0.6 is 0 Å². The van der Waals surface area contributed by atoms with E-state index in [9.17, 15) is 0 Å². The maximum absolute atomic E-state index is 8.96. The summed E-state index contributed by atoms with van der Waals surface area (Å²) in [7, 11) is 0. The van der Waals surface area contributed by atoms with Crippen molar-refractivity contribution >= 4 is 21.5 Å². The molecule has 262 valence electrons. The number of benzene rings is 9. The maximum atomic E-state index is 8.96. The van der Waals surface area contributed by atoms with Crippen LogP contribution < -0.4 is 0 Å². The third kappa shape index (κ3) is 6.52. The van der Waals surface area contributed by atoms with Crippen LogP contribution in [0, 0.1) is 0 Å². The third-order valence-electron chi connectivity index (χ3n) is 10.2. The van der Waals surface area contributed by atoms with Crippen molar-refractivity contribution in [2.24, 2.45) is 0 Å². The molecule has 3 heteroatoms. The van der Waals surface area contributed by atoms with Gasteiger partial charge in [-0.1, -0.05) is 182 Å². The zero-order valence-corrected chi connectivity index (χ0v) is 30.2. The highest BCUT2D eigenvalue weighted by Gasteiger charge is 2.17. The predicted octanol–water partition coefficient (Wildman–Crippen LogP) is 13.8. The van der Waals surface area contributed by atoms with E-state index < -0.39 is 18.1 Å². The quantitative estimate of drug-likeness (QED) is 0.165. The summed E-state index contributed by atoms with van der Waals surface area (Å²) in [4.78, 5) is 15.3. The minimum Gasteiger partial charge on any atom is -0.208 e. The van der Waals surface area contributed by atoms with Gasteiger partial charge in [-0.15, -0.1) is 0 Å². The second kappa shape index (κ2) is 14.4. The molecule has 10 aromatic rings. The topological polar surface area (TPSA) is 38.7 Å². The van der Waals surface area contributed by atoms with Gasteiger partial charge in [-0.05, 0) is 96.4 Å². The van der Waals surface area contributed by atoms with Crippen LogP contribution in [0.2, 0.25) is 0 Å². The summed E-state index contributed by atoms with van der Waals surface area (Å²) >= 11 is 0. The summed E-state index contributed by atoms with van der Waals surface area (Å²) in [5.41, 5.74) is 8.87. The number of nitrogens with zero attached hydrogens (tertiary/aromatic N) is 3. The lowest BCUT2D eigenvalue weighted by Crippen LogP contribution is -2.01. The average molecular weight is 719 g/mol. The van der Waals surface area contributed by atoms with Gasteiger partial charge in [0.1, 0.15) is 0 Å². The van der Waals surface area contributed by atoms with Crippen LogP contribution in [0.5, 0.6) is 0 Å². The second-order valence-electron chi connectivity index (χ2n) is 13.7. The van der Waals surface area contributed by atoms with Crippen LogP contribution in [-0.2, 0) is 0 Å². The van der Waals surface area contributed by atoms with Gasteiger partial charge in [0.25, 0.3) is 0 Å². The fraction of sp³-hybridized carbons (Fsp3) is 0. The molecule has 0 saturated heterocycles. The molecule has 0 unspecified atom stereocenters. The molecule has 0 aliphatic heterocycles. The zero-order chi connectivity index (χ0) is 41.6. The number of hydrogen-bond acceptors (Lipinski definition) is 3. The minimum atomic E-state index is -0.445. The van der Waals surface area contributed by atoms with Crippen LogP contribution in [-0.4, -0.2) is 15.0 Å². The van der Waals surface area contributed by atoms with Gasteiger partial charge in [-0.3, -0.25) is 0 Å². The molecule has 3 nitrogen and oxygen atoms in total. The van der Waals surface area contributed by atoms with Gasteiger partial charge in [0.2, 0.25) is 0 Å². The van der Waals surface area contributed by atoms with E-state index in [0.717, 1.165) is 66.1 Å². The largest absolute Gasteiger partial charge is 0.208 e. The van der Waals surface area contributed by atoms with E-state index in [1.807, 2.05) is 91.0 Å². The van der Waals surface area contributed by atoms with Gasteiger partial charge in [-0.2, -0.15) is 0 Å². The Labute approximate surface area is 333 Å². The van der Waals surface area contributed by atoms with Crippen LogP contribution in [0.25, 0.3) is 100 Å². The summed E-state index contributed by atoms with van der Waals surface area (Å²) in [6.07, 6.45) is 0. The summed E-state index contributed by atoms with van der Waals surface area (Å²) in [6.45, 7) is 0. The van der Waals surface area contributed by atoms with E-state index in [0.29, 0.717) is 28.6 Å². The molecule has 0 fully saturated rings. The molecular weight excluding hydrogens is 679 g/mol. The predicted molar refractivity (Wildman–Crippen MR) is 233 cm³/mol. The summed E-state index contributed by atoms with van der Waals surface area (Å²) in [5, 5.41) is 4.15. The fourth-order valence-electron chi connectivity index (χ4n) is 7.31. The molecule has 0 aliphatic rings. The number of hydrogen-bond donors (Lipinski definition) is 0. The molecule has 56 heavy (non-hydrogen) atoms. The Hall–Kier alpha value is -7.49. The molecular formula is C53H35N3. The van der Waals surface area contributed by atoms with Crippen LogP contribution in [0.1, 0.15) is 6.85 Å². The monoisotopic (exact) mass is 718 g/mol. The number of aromatic nitrogens is 3. The molecule has 0 amide bonds. The van der Waals surface area contributed by atoms with Crippen molar-refractivity contribution in [2.45, 2.75) is 0 Å². The van der Waals surface area contributed by atoms with E-state index in [2.05, 4.69) is 91.0 Å². The second-order valence-corrected chi connectivity index (χ2v) is 13.7. The highest BCUT2D eigenvalue weighted by atomic mass is 15.0. The molecule has 0 bridgehead atoms. The van der Waals surface area contributed by atoms with Crippen LogP contribution in [0.4, 0.5) is 0 Å². The van der Waals surface area contributed by atoms with E-state index in [1.54, 1.807) is 0 Å². The number of rotatable bonds is 7. The Kier molecular flexibility index (Phi) is 7.20. The fourth-order valence-corrected chi connectivity index (χ4v) is 7.31. The Morgan fingerprint density at radius 2 is 0.768 bits per heavy atom. The van der Waals surface area contributed by atoms with Crippen molar-refractivity contribution in [1.82, 2.24) is 15.0 Å². The standard InChI is InChI=1S/C53H35N3/c1-4-13-36(14-5-1)39-23-25-41(26-24-39)51-54-52(56-53(55-51)50-22-12-20-40-19-10-11-21-49(40)50)48-34-46(38-17-8-3-9-18-38)33-47(35-48)45-30-29-43-31-42(27-28-44(43)32-45)37-15-6-2-7-16-37/h1-35H/i3D,8D,9D,17D,18D. The van der Waals surface area contributed by atoms with Gasteiger partial charge in [0, 0.05) is 16.7 Å². The van der Waals surface area contributed by atoms with E-state index >= 15 is 0 Å². The molecule has 0 spiro atoms. The van der Waals surface area contributed by atoms with Gasteiger partial charge in [0.15, 0.2) is 17.5 Å². The zero-order valence-electron chi connectivity index (χ0n) is 35.2. The first-order valence-electron chi connectivity index (χ1n) is 21.0. The maximum Gasteiger partial charge on any atom is 0.164 e. The molecule has 10 rings (SSSR count). The molecule has 0 aliphatic carbocycles. The molecule has 1 aromatic heterocycles. The first kappa shape index (κ1) is 28.0. The van der Waals surface area contributed by atoms with Gasteiger partial charge < -0.3 is 0 Å². The summed E-state index contributed by atoms with van der Waals surface area (Å²) in [5.74, 6) is 1.34. The van der Waals surface area contributed by atoms with Crippen molar-refractivity contribution in [1.29, 1.82) is 0 Å². The first-order valence-corrected chi connectivity index (χ1v) is 18.5. The molecule has 0 N–H and O–H groups in total. The molecule has 9 aromatic carbocycles. The summed E-state index contributed by atoms with van der Waals surface area (Å²) < 4.78 is 43.3. The Bertz CT molecular complexity index is 3270. The Balaban J connectivity index is 1.19.